The second kappa shape index (κ2) is 3.55. The van der Waals surface area contributed by atoms with Gasteiger partial charge in [-0.1, -0.05) is 31.0 Å². The van der Waals surface area contributed by atoms with Crippen LogP contribution in [-0.4, -0.2) is 6.04 Å². The van der Waals surface area contributed by atoms with Crippen molar-refractivity contribution in [2.24, 2.45) is 5.92 Å². The van der Waals surface area contributed by atoms with E-state index in [1.807, 2.05) is 0 Å². The summed E-state index contributed by atoms with van der Waals surface area (Å²) in [6.07, 6.45) is 6.94. The van der Waals surface area contributed by atoms with Crippen molar-refractivity contribution < 1.29 is 0 Å². The third kappa shape index (κ3) is 1.54. The van der Waals surface area contributed by atoms with Crippen LogP contribution in [0.5, 0.6) is 0 Å². The van der Waals surface area contributed by atoms with Crippen LogP contribution in [0.3, 0.4) is 0 Å². The van der Waals surface area contributed by atoms with E-state index < -0.39 is 0 Å². The first kappa shape index (κ1) is 9.26. The molecule has 1 fully saturated rings. The molecule has 0 saturated heterocycles. The summed E-state index contributed by atoms with van der Waals surface area (Å²) in [5.41, 5.74) is 4.38. The Labute approximate surface area is 91.9 Å². The van der Waals surface area contributed by atoms with Gasteiger partial charge in [0.2, 0.25) is 0 Å². The Kier molecular flexibility index (Phi) is 2.19. The van der Waals surface area contributed by atoms with Crippen LogP contribution in [0, 0.1) is 12.8 Å². The zero-order valence-corrected chi connectivity index (χ0v) is 9.42. The molecule has 1 aliphatic carbocycles. The summed E-state index contributed by atoms with van der Waals surface area (Å²) in [5.74, 6) is 0.896. The van der Waals surface area contributed by atoms with E-state index >= 15 is 0 Å². The molecule has 1 aromatic rings. The molecule has 2 unspecified atom stereocenters. The first-order chi connectivity index (χ1) is 7.34. The average Bonchev–Trinajstić information content (AvgIpc) is 2.27. The van der Waals surface area contributed by atoms with E-state index in [1.165, 1.54) is 48.9 Å². The van der Waals surface area contributed by atoms with Gasteiger partial charge in [-0.2, -0.15) is 0 Å². The Bertz CT molecular complexity index is 370. The molecule has 3 rings (SSSR count). The summed E-state index contributed by atoms with van der Waals surface area (Å²) in [6, 6.07) is 7.46. The molecule has 0 aromatic heterocycles. The average molecular weight is 201 g/mol. The highest BCUT2D eigenvalue weighted by molar-refractivity contribution is 5.59. The van der Waals surface area contributed by atoms with Crippen LogP contribution in [0.2, 0.25) is 0 Å². The van der Waals surface area contributed by atoms with Crippen molar-refractivity contribution in [1.29, 1.82) is 0 Å². The van der Waals surface area contributed by atoms with Crippen LogP contribution < -0.4 is 5.32 Å². The van der Waals surface area contributed by atoms with E-state index in [0.717, 1.165) is 12.0 Å². The minimum absolute atomic E-state index is 0.757. The molecule has 0 amide bonds. The Morgan fingerprint density at radius 2 is 2.07 bits per heavy atom. The number of hydrogen-bond acceptors (Lipinski definition) is 1. The van der Waals surface area contributed by atoms with Crippen LogP contribution in [0.4, 0.5) is 5.69 Å². The van der Waals surface area contributed by atoms with E-state index in [-0.39, 0.29) is 0 Å². The Morgan fingerprint density at radius 1 is 1.20 bits per heavy atom. The molecule has 1 aliphatic heterocycles. The fraction of sp³-hybridized carbons (Fsp3) is 0.571. The van der Waals surface area contributed by atoms with Gasteiger partial charge in [0.1, 0.15) is 0 Å². The van der Waals surface area contributed by atoms with Gasteiger partial charge in [-0.25, -0.2) is 0 Å². The number of rotatable bonds is 0. The van der Waals surface area contributed by atoms with E-state index in [4.69, 9.17) is 0 Å². The van der Waals surface area contributed by atoms with Gasteiger partial charge in [0, 0.05) is 11.7 Å². The number of benzene rings is 1. The van der Waals surface area contributed by atoms with Gasteiger partial charge in [0.25, 0.3) is 0 Å². The summed E-state index contributed by atoms with van der Waals surface area (Å²) in [7, 11) is 0. The molecule has 1 aromatic carbocycles. The van der Waals surface area contributed by atoms with Crippen LogP contribution in [0.25, 0.3) is 0 Å². The third-order valence-electron chi connectivity index (χ3n) is 4.08. The molecule has 80 valence electrons. The minimum Gasteiger partial charge on any atom is -0.382 e. The van der Waals surface area contributed by atoms with Crippen molar-refractivity contribution in [3.8, 4) is 0 Å². The normalized spacial score (nSPS) is 28.9. The van der Waals surface area contributed by atoms with Gasteiger partial charge in [-0.05, 0) is 43.2 Å². The molecule has 1 saturated carbocycles. The Balaban J connectivity index is 1.95. The van der Waals surface area contributed by atoms with E-state index in [2.05, 4.69) is 30.4 Å². The molecule has 0 bridgehead atoms. The van der Waals surface area contributed by atoms with Crippen molar-refractivity contribution >= 4 is 5.69 Å². The number of anilines is 1. The Hall–Kier alpha value is -0.980. The molecule has 2 aliphatic rings. The predicted octanol–water partition coefficient (Wildman–Crippen LogP) is 3.52. The Morgan fingerprint density at radius 3 is 3.00 bits per heavy atom. The first-order valence-electron chi connectivity index (χ1n) is 6.19. The quantitative estimate of drug-likeness (QED) is 0.677. The SMILES string of the molecule is Cc1cccc2c1NC1CCCCC1C2. The molecule has 1 heterocycles. The summed E-state index contributed by atoms with van der Waals surface area (Å²) < 4.78 is 0. The molecule has 1 N–H and O–H groups in total. The van der Waals surface area contributed by atoms with Gasteiger partial charge in [-0.15, -0.1) is 0 Å². The molecule has 15 heavy (non-hydrogen) atoms. The van der Waals surface area contributed by atoms with Crippen molar-refractivity contribution in [1.82, 2.24) is 0 Å². The second-order valence-corrected chi connectivity index (χ2v) is 5.11. The van der Waals surface area contributed by atoms with E-state index in [1.54, 1.807) is 0 Å². The van der Waals surface area contributed by atoms with Gasteiger partial charge in [0.15, 0.2) is 0 Å². The first-order valence-corrected chi connectivity index (χ1v) is 6.19. The summed E-state index contributed by atoms with van der Waals surface area (Å²) >= 11 is 0. The lowest BCUT2D eigenvalue weighted by atomic mass is 9.77. The van der Waals surface area contributed by atoms with Crippen molar-refractivity contribution in [2.75, 3.05) is 5.32 Å². The molecule has 0 radical (unpaired) electrons. The summed E-state index contributed by atoms with van der Waals surface area (Å²) in [5, 5.41) is 3.77. The van der Waals surface area contributed by atoms with Crippen molar-refractivity contribution in [3.63, 3.8) is 0 Å². The minimum atomic E-state index is 0.757. The molecule has 1 heteroatoms. The van der Waals surface area contributed by atoms with E-state index in [9.17, 15) is 0 Å². The maximum absolute atomic E-state index is 3.77. The summed E-state index contributed by atoms with van der Waals surface area (Å²) in [4.78, 5) is 0. The molecule has 0 spiro atoms. The lowest BCUT2D eigenvalue weighted by Gasteiger charge is -2.38. The molecular weight excluding hydrogens is 182 g/mol. The molecular formula is C14H19N. The van der Waals surface area contributed by atoms with Crippen molar-refractivity contribution in [3.05, 3.63) is 29.3 Å². The smallest absolute Gasteiger partial charge is 0.0404 e. The third-order valence-corrected chi connectivity index (χ3v) is 4.08. The topological polar surface area (TPSA) is 12.0 Å². The molecule has 2 atom stereocenters. The van der Waals surface area contributed by atoms with Crippen LogP contribution in [-0.2, 0) is 6.42 Å². The standard InChI is InChI=1S/C14H19N/c1-10-5-4-7-12-9-11-6-2-3-8-13(11)15-14(10)12/h4-5,7,11,13,15H,2-3,6,8-9H2,1H3. The number of nitrogens with one attached hydrogen (secondary N) is 1. The van der Waals surface area contributed by atoms with Gasteiger partial charge < -0.3 is 5.32 Å². The second-order valence-electron chi connectivity index (χ2n) is 5.11. The number of fused-ring (bicyclic) bond motifs is 2. The maximum atomic E-state index is 3.77. The van der Waals surface area contributed by atoms with Crippen molar-refractivity contribution in [2.45, 2.75) is 45.1 Å². The van der Waals surface area contributed by atoms with Gasteiger partial charge >= 0.3 is 0 Å². The highest BCUT2D eigenvalue weighted by atomic mass is 14.9. The fourth-order valence-electron chi connectivity index (χ4n) is 3.22. The number of aryl methyl sites for hydroxylation is 1. The lowest BCUT2D eigenvalue weighted by molar-refractivity contribution is 0.315. The predicted molar refractivity (Wildman–Crippen MR) is 64.3 cm³/mol. The summed E-state index contributed by atoms with van der Waals surface area (Å²) in [6.45, 7) is 2.22. The fourth-order valence-corrected chi connectivity index (χ4v) is 3.22. The van der Waals surface area contributed by atoms with Crippen LogP contribution in [0.15, 0.2) is 18.2 Å². The van der Waals surface area contributed by atoms with Crippen LogP contribution in [0.1, 0.15) is 36.8 Å². The van der Waals surface area contributed by atoms with E-state index in [0.29, 0.717) is 0 Å². The molecule has 1 nitrogen and oxygen atoms in total. The zero-order chi connectivity index (χ0) is 10.3. The highest BCUT2D eigenvalue weighted by Gasteiger charge is 2.30. The highest BCUT2D eigenvalue weighted by Crippen LogP contribution is 2.37. The van der Waals surface area contributed by atoms with Gasteiger partial charge in [-0.3, -0.25) is 0 Å². The number of para-hydroxylation sites is 1. The van der Waals surface area contributed by atoms with Crippen LogP contribution >= 0.6 is 0 Å². The maximum Gasteiger partial charge on any atom is 0.0404 e. The van der Waals surface area contributed by atoms with Gasteiger partial charge in [0.05, 0.1) is 0 Å². The lowest BCUT2D eigenvalue weighted by Crippen LogP contribution is -2.37. The largest absolute Gasteiger partial charge is 0.382 e. The number of hydrogen-bond donors (Lipinski definition) is 1. The zero-order valence-electron chi connectivity index (χ0n) is 9.42. The monoisotopic (exact) mass is 201 g/mol.